The van der Waals surface area contributed by atoms with Gasteiger partial charge in [0.2, 0.25) is 5.82 Å². The lowest BCUT2D eigenvalue weighted by Gasteiger charge is -2.37. The van der Waals surface area contributed by atoms with Gasteiger partial charge in [-0.3, -0.25) is 0 Å². The lowest BCUT2D eigenvalue weighted by Crippen LogP contribution is -2.46. The van der Waals surface area contributed by atoms with Gasteiger partial charge in [-0.05, 0) is 81.4 Å². The summed E-state index contributed by atoms with van der Waals surface area (Å²) in [6.07, 6.45) is 0.931. The number of hydrogen-bond donors (Lipinski definition) is 1. The molecule has 2 heterocycles. The monoisotopic (exact) mass is 484 g/mol. The van der Waals surface area contributed by atoms with Crippen LogP contribution in [0.25, 0.3) is 17.0 Å². The normalized spacial score (nSPS) is 16.4. The van der Waals surface area contributed by atoms with Gasteiger partial charge < -0.3 is 19.5 Å². The summed E-state index contributed by atoms with van der Waals surface area (Å²) in [5.74, 6) is -0.0141. The average molecular weight is 485 g/mol. The molecule has 2 aromatic carbocycles. The topological polar surface area (TPSA) is 63.4 Å². The fourth-order valence-corrected chi connectivity index (χ4v) is 4.17. The SMILES string of the molecule is CC1=C(c2nc(-c3ccc(F)cc3)no2)C(c2ccc(F)cc2)NC(=S)N1CCCOC(C)C. The molecule has 1 unspecified atom stereocenters. The van der Waals surface area contributed by atoms with Crippen LogP contribution in [-0.2, 0) is 4.74 Å². The number of thiocarbonyl (C=S) groups is 1. The van der Waals surface area contributed by atoms with Crippen LogP contribution in [0.1, 0.15) is 44.7 Å². The molecule has 0 saturated carbocycles. The van der Waals surface area contributed by atoms with Crippen LogP contribution in [0.3, 0.4) is 0 Å². The van der Waals surface area contributed by atoms with Gasteiger partial charge in [0.15, 0.2) is 5.11 Å². The maximum atomic E-state index is 13.6. The van der Waals surface area contributed by atoms with Crippen molar-refractivity contribution in [3.05, 3.63) is 77.3 Å². The summed E-state index contributed by atoms with van der Waals surface area (Å²) < 4.78 is 38.2. The largest absolute Gasteiger partial charge is 0.379 e. The van der Waals surface area contributed by atoms with Crippen LogP contribution in [0.2, 0.25) is 0 Å². The molecule has 0 aliphatic carbocycles. The molecule has 1 N–H and O–H groups in total. The van der Waals surface area contributed by atoms with E-state index in [0.717, 1.165) is 23.3 Å². The average Bonchev–Trinajstić information content (AvgIpc) is 3.28. The third-order valence-corrected chi connectivity index (χ3v) is 5.87. The third kappa shape index (κ3) is 5.31. The van der Waals surface area contributed by atoms with E-state index in [1.165, 1.54) is 24.3 Å². The first kappa shape index (κ1) is 24.0. The van der Waals surface area contributed by atoms with Crippen LogP contribution in [0.15, 0.2) is 58.8 Å². The molecule has 9 heteroatoms. The summed E-state index contributed by atoms with van der Waals surface area (Å²) in [6, 6.07) is 11.7. The molecule has 1 aliphatic rings. The van der Waals surface area contributed by atoms with Gasteiger partial charge >= 0.3 is 0 Å². The maximum absolute atomic E-state index is 13.6. The van der Waals surface area contributed by atoms with Crippen LogP contribution in [-0.4, -0.2) is 39.4 Å². The zero-order chi connectivity index (χ0) is 24.2. The van der Waals surface area contributed by atoms with Crippen molar-refractivity contribution in [1.29, 1.82) is 0 Å². The number of allylic oxidation sites excluding steroid dienone is 1. The highest BCUT2D eigenvalue weighted by atomic mass is 32.1. The van der Waals surface area contributed by atoms with Gasteiger partial charge in [-0.1, -0.05) is 17.3 Å². The van der Waals surface area contributed by atoms with Crippen molar-refractivity contribution >= 4 is 22.9 Å². The molecular formula is C25H26F2N4O2S. The summed E-state index contributed by atoms with van der Waals surface area (Å²) in [5.41, 5.74) is 3.04. The molecular weight excluding hydrogens is 458 g/mol. The van der Waals surface area contributed by atoms with Crippen molar-refractivity contribution in [3.63, 3.8) is 0 Å². The summed E-state index contributed by atoms with van der Waals surface area (Å²) in [4.78, 5) is 6.57. The molecule has 0 saturated heterocycles. The van der Waals surface area contributed by atoms with Crippen LogP contribution in [0.4, 0.5) is 8.78 Å². The molecule has 0 amide bonds. The van der Waals surface area contributed by atoms with E-state index in [1.54, 1.807) is 24.3 Å². The molecule has 34 heavy (non-hydrogen) atoms. The second-order valence-corrected chi connectivity index (χ2v) is 8.67. The highest BCUT2D eigenvalue weighted by Crippen LogP contribution is 2.37. The molecule has 4 rings (SSSR count). The van der Waals surface area contributed by atoms with Crippen LogP contribution < -0.4 is 5.32 Å². The quantitative estimate of drug-likeness (QED) is 0.335. The van der Waals surface area contributed by atoms with Gasteiger partial charge in [-0.2, -0.15) is 4.98 Å². The number of hydrogen-bond acceptors (Lipinski definition) is 5. The van der Waals surface area contributed by atoms with E-state index in [9.17, 15) is 8.78 Å². The van der Waals surface area contributed by atoms with Gasteiger partial charge in [0.25, 0.3) is 5.89 Å². The van der Waals surface area contributed by atoms with E-state index in [2.05, 4.69) is 15.5 Å². The number of benzene rings is 2. The second kappa shape index (κ2) is 10.4. The number of nitrogens with zero attached hydrogens (tertiary/aromatic N) is 3. The van der Waals surface area contributed by atoms with Crippen molar-refractivity contribution in [2.45, 2.75) is 39.3 Å². The molecule has 1 atom stereocenters. The summed E-state index contributed by atoms with van der Waals surface area (Å²) in [6.45, 7) is 7.19. The summed E-state index contributed by atoms with van der Waals surface area (Å²) in [7, 11) is 0. The first-order chi connectivity index (χ1) is 16.3. The van der Waals surface area contributed by atoms with Gasteiger partial charge in [0.05, 0.1) is 17.7 Å². The lowest BCUT2D eigenvalue weighted by molar-refractivity contribution is 0.0749. The first-order valence-corrected chi connectivity index (χ1v) is 11.5. The minimum atomic E-state index is -0.405. The van der Waals surface area contributed by atoms with E-state index in [-0.39, 0.29) is 17.7 Å². The van der Waals surface area contributed by atoms with Crippen molar-refractivity contribution in [1.82, 2.24) is 20.4 Å². The third-order valence-electron chi connectivity index (χ3n) is 5.54. The minimum absolute atomic E-state index is 0.157. The minimum Gasteiger partial charge on any atom is -0.379 e. The maximum Gasteiger partial charge on any atom is 0.258 e. The highest BCUT2D eigenvalue weighted by molar-refractivity contribution is 7.80. The van der Waals surface area contributed by atoms with Crippen LogP contribution >= 0.6 is 12.2 Å². The molecule has 3 aromatic rings. The van der Waals surface area contributed by atoms with Crippen molar-refractivity contribution < 1.29 is 18.0 Å². The van der Waals surface area contributed by atoms with Crippen molar-refractivity contribution in [2.75, 3.05) is 13.2 Å². The number of rotatable bonds is 8. The summed E-state index contributed by atoms with van der Waals surface area (Å²) in [5, 5.41) is 8.01. The Morgan fingerprint density at radius 3 is 2.38 bits per heavy atom. The molecule has 178 valence electrons. The molecule has 1 aliphatic heterocycles. The Labute approximate surface area is 202 Å². The predicted molar refractivity (Wildman–Crippen MR) is 130 cm³/mol. The molecule has 0 radical (unpaired) electrons. The Morgan fingerprint density at radius 1 is 1.09 bits per heavy atom. The number of ether oxygens (including phenoxy) is 1. The highest BCUT2D eigenvalue weighted by Gasteiger charge is 2.34. The van der Waals surface area contributed by atoms with E-state index in [4.69, 9.17) is 21.5 Å². The van der Waals surface area contributed by atoms with E-state index in [1.807, 2.05) is 25.7 Å². The zero-order valence-electron chi connectivity index (χ0n) is 19.2. The molecule has 1 aromatic heterocycles. The molecule has 0 fully saturated rings. The summed E-state index contributed by atoms with van der Waals surface area (Å²) >= 11 is 5.67. The predicted octanol–water partition coefficient (Wildman–Crippen LogP) is 5.49. The Bertz CT molecular complexity index is 1180. The van der Waals surface area contributed by atoms with Crippen LogP contribution in [0, 0.1) is 11.6 Å². The van der Waals surface area contributed by atoms with E-state index < -0.39 is 6.04 Å². The Hall–Kier alpha value is -3.17. The van der Waals surface area contributed by atoms with E-state index >= 15 is 0 Å². The fourth-order valence-electron chi connectivity index (χ4n) is 3.82. The van der Waals surface area contributed by atoms with Gasteiger partial charge in [-0.25, -0.2) is 8.78 Å². The van der Waals surface area contributed by atoms with E-state index in [0.29, 0.717) is 35.5 Å². The molecule has 0 spiro atoms. The lowest BCUT2D eigenvalue weighted by atomic mass is 9.94. The Kier molecular flexibility index (Phi) is 7.33. The first-order valence-electron chi connectivity index (χ1n) is 11.1. The zero-order valence-corrected chi connectivity index (χ0v) is 20.0. The van der Waals surface area contributed by atoms with Gasteiger partial charge in [0, 0.05) is 24.4 Å². The number of halogens is 2. The fraction of sp³-hybridized carbons (Fsp3) is 0.320. The van der Waals surface area contributed by atoms with Crippen molar-refractivity contribution in [3.8, 4) is 11.4 Å². The number of aromatic nitrogens is 2. The second-order valence-electron chi connectivity index (χ2n) is 8.29. The van der Waals surface area contributed by atoms with Gasteiger partial charge in [0.1, 0.15) is 11.6 Å². The van der Waals surface area contributed by atoms with Crippen molar-refractivity contribution in [2.24, 2.45) is 0 Å². The standard InChI is InChI=1S/C25H26F2N4O2S/c1-15(2)32-14-4-13-31-16(3)21(22(28-25(31)34)17-5-9-19(26)10-6-17)24-29-23(30-33-24)18-7-11-20(27)12-8-18/h5-12,15,22H,4,13-14H2,1-3H3,(H,28,34). The van der Waals surface area contributed by atoms with Gasteiger partial charge in [-0.15, -0.1) is 0 Å². The Morgan fingerprint density at radius 2 is 1.74 bits per heavy atom. The molecule has 0 bridgehead atoms. The molecule has 6 nitrogen and oxygen atoms in total. The Balaban J connectivity index is 1.70. The smallest absolute Gasteiger partial charge is 0.258 e. The van der Waals surface area contributed by atoms with Crippen LogP contribution in [0.5, 0.6) is 0 Å². The number of nitrogens with one attached hydrogen (secondary N) is 1.